The molecular formula is C8H13N5O. The molecule has 0 radical (unpaired) electrons. The van der Waals surface area contributed by atoms with Gasteiger partial charge in [0.05, 0.1) is 12.4 Å². The van der Waals surface area contributed by atoms with Crippen molar-refractivity contribution in [3.63, 3.8) is 0 Å². The van der Waals surface area contributed by atoms with Crippen LogP contribution in [0.25, 0.3) is 0 Å². The molecule has 1 aromatic heterocycles. The number of amides is 1. The van der Waals surface area contributed by atoms with Crippen LogP contribution in [0.1, 0.15) is 17.4 Å². The van der Waals surface area contributed by atoms with E-state index in [4.69, 9.17) is 5.84 Å². The van der Waals surface area contributed by atoms with Gasteiger partial charge in [0.1, 0.15) is 5.69 Å². The van der Waals surface area contributed by atoms with Gasteiger partial charge < -0.3 is 10.3 Å². The molecule has 0 fully saturated rings. The first-order chi connectivity index (χ1) is 6.69. The quantitative estimate of drug-likeness (QED) is 0.517. The third kappa shape index (κ3) is 2.17. The fourth-order valence-electron chi connectivity index (χ4n) is 0.878. The average molecular weight is 195 g/mol. The van der Waals surface area contributed by atoms with E-state index in [0.717, 1.165) is 0 Å². The Labute approximate surface area is 82.1 Å². The number of hydrogen-bond donors (Lipinski definition) is 2. The number of nitrogens with two attached hydrogens (primary N) is 1. The first-order valence-electron chi connectivity index (χ1n) is 4.23. The van der Waals surface area contributed by atoms with E-state index in [1.807, 2.05) is 6.92 Å². The summed E-state index contributed by atoms with van der Waals surface area (Å²) in [6.45, 7) is 2.51. The molecule has 1 aromatic rings. The summed E-state index contributed by atoms with van der Waals surface area (Å²) in [5, 5.41) is 0. The van der Waals surface area contributed by atoms with E-state index in [9.17, 15) is 4.79 Å². The molecule has 0 saturated carbocycles. The Balaban J connectivity index is 2.90. The topological polar surface area (TPSA) is 84.1 Å². The summed E-state index contributed by atoms with van der Waals surface area (Å²) < 4.78 is 0. The molecule has 0 saturated heterocycles. The first-order valence-corrected chi connectivity index (χ1v) is 4.23. The van der Waals surface area contributed by atoms with E-state index in [-0.39, 0.29) is 11.6 Å². The molecule has 0 aliphatic rings. The van der Waals surface area contributed by atoms with Gasteiger partial charge in [0.15, 0.2) is 5.82 Å². The first kappa shape index (κ1) is 10.4. The summed E-state index contributed by atoms with van der Waals surface area (Å²) >= 11 is 0. The van der Waals surface area contributed by atoms with Gasteiger partial charge in [-0.3, -0.25) is 9.78 Å². The second kappa shape index (κ2) is 4.52. The summed E-state index contributed by atoms with van der Waals surface area (Å²) in [7, 11) is 1.70. The third-order valence-electron chi connectivity index (χ3n) is 1.82. The van der Waals surface area contributed by atoms with Gasteiger partial charge in [0, 0.05) is 13.6 Å². The molecule has 3 N–H and O–H groups in total. The lowest BCUT2D eigenvalue weighted by Crippen LogP contribution is -2.27. The molecule has 1 amide bonds. The number of carbonyl (C=O) groups is 1. The maximum Gasteiger partial charge on any atom is 0.273 e. The van der Waals surface area contributed by atoms with Crippen LogP contribution < -0.4 is 11.3 Å². The zero-order valence-corrected chi connectivity index (χ0v) is 8.19. The van der Waals surface area contributed by atoms with Gasteiger partial charge >= 0.3 is 0 Å². The maximum absolute atomic E-state index is 11.6. The van der Waals surface area contributed by atoms with Crippen molar-refractivity contribution >= 4 is 11.7 Å². The van der Waals surface area contributed by atoms with Gasteiger partial charge in [-0.25, -0.2) is 10.8 Å². The van der Waals surface area contributed by atoms with Gasteiger partial charge in [0.25, 0.3) is 5.91 Å². The smallest absolute Gasteiger partial charge is 0.273 e. The van der Waals surface area contributed by atoms with Gasteiger partial charge in [-0.05, 0) is 6.92 Å². The van der Waals surface area contributed by atoms with Crippen LogP contribution in [0.2, 0.25) is 0 Å². The lowest BCUT2D eigenvalue weighted by Gasteiger charge is -2.13. The summed E-state index contributed by atoms with van der Waals surface area (Å²) in [6.07, 6.45) is 2.86. The second-order valence-electron chi connectivity index (χ2n) is 2.75. The third-order valence-corrected chi connectivity index (χ3v) is 1.82. The Morgan fingerprint density at radius 1 is 1.64 bits per heavy atom. The molecule has 0 aliphatic heterocycles. The van der Waals surface area contributed by atoms with E-state index < -0.39 is 0 Å². The average Bonchev–Trinajstić information content (AvgIpc) is 2.27. The predicted octanol–water partition coefficient (Wildman–Crippen LogP) is -0.146. The molecule has 0 atom stereocenters. The van der Waals surface area contributed by atoms with E-state index in [2.05, 4.69) is 15.4 Å². The van der Waals surface area contributed by atoms with Gasteiger partial charge in [-0.2, -0.15) is 0 Å². The molecule has 1 heterocycles. The molecular weight excluding hydrogens is 182 g/mol. The Kier molecular flexibility index (Phi) is 3.35. The Bertz CT molecular complexity index is 327. The minimum atomic E-state index is -0.169. The number of aromatic nitrogens is 2. The highest BCUT2D eigenvalue weighted by molar-refractivity contribution is 5.92. The van der Waals surface area contributed by atoms with Crippen LogP contribution in [0.3, 0.4) is 0 Å². The Hall–Kier alpha value is -1.69. The van der Waals surface area contributed by atoms with Crippen LogP contribution in [0, 0.1) is 0 Å². The van der Waals surface area contributed by atoms with Gasteiger partial charge in [-0.15, -0.1) is 0 Å². The monoisotopic (exact) mass is 195 g/mol. The molecule has 1 rings (SSSR count). The van der Waals surface area contributed by atoms with Crippen molar-refractivity contribution in [3.8, 4) is 0 Å². The number of nitrogens with zero attached hydrogens (tertiary/aromatic N) is 3. The highest BCUT2D eigenvalue weighted by atomic mass is 16.2. The zero-order valence-electron chi connectivity index (χ0n) is 8.19. The zero-order chi connectivity index (χ0) is 10.6. The SMILES string of the molecule is CCN(C)C(=O)c1cncc(NN)n1. The van der Waals surface area contributed by atoms with Crippen molar-refractivity contribution < 1.29 is 4.79 Å². The number of hydrazine groups is 1. The summed E-state index contributed by atoms with van der Waals surface area (Å²) in [4.78, 5) is 21.0. The normalized spacial score (nSPS) is 9.64. The lowest BCUT2D eigenvalue weighted by atomic mass is 10.4. The molecule has 0 aliphatic carbocycles. The lowest BCUT2D eigenvalue weighted by molar-refractivity contribution is 0.0796. The minimum Gasteiger partial charge on any atom is -0.341 e. The highest BCUT2D eigenvalue weighted by Gasteiger charge is 2.11. The van der Waals surface area contributed by atoms with Crippen molar-refractivity contribution in [1.82, 2.24) is 14.9 Å². The Morgan fingerprint density at radius 2 is 2.36 bits per heavy atom. The van der Waals surface area contributed by atoms with E-state index in [1.54, 1.807) is 11.9 Å². The second-order valence-corrected chi connectivity index (χ2v) is 2.75. The van der Waals surface area contributed by atoms with E-state index in [0.29, 0.717) is 12.4 Å². The molecule has 6 nitrogen and oxygen atoms in total. The van der Waals surface area contributed by atoms with Crippen LogP contribution in [0.15, 0.2) is 12.4 Å². The van der Waals surface area contributed by atoms with Gasteiger partial charge in [-0.1, -0.05) is 0 Å². The van der Waals surface area contributed by atoms with Gasteiger partial charge in [0.2, 0.25) is 0 Å². The standard InChI is InChI=1S/C8H13N5O/c1-3-13(2)8(14)6-4-10-5-7(11-6)12-9/h4-5H,3,9H2,1-2H3,(H,11,12). The van der Waals surface area contributed by atoms with Crippen LogP contribution in [-0.2, 0) is 0 Å². The van der Waals surface area contributed by atoms with E-state index in [1.165, 1.54) is 12.4 Å². The van der Waals surface area contributed by atoms with E-state index >= 15 is 0 Å². The minimum absolute atomic E-state index is 0.169. The largest absolute Gasteiger partial charge is 0.341 e. The molecule has 6 heteroatoms. The fraction of sp³-hybridized carbons (Fsp3) is 0.375. The number of nitrogen functional groups attached to an aromatic ring is 1. The van der Waals surface area contributed by atoms with Crippen molar-refractivity contribution in [3.05, 3.63) is 18.1 Å². The number of nitrogens with one attached hydrogen (secondary N) is 1. The van der Waals surface area contributed by atoms with Crippen LogP contribution in [-0.4, -0.2) is 34.4 Å². The number of carbonyl (C=O) groups excluding carboxylic acids is 1. The molecule has 14 heavy (non-hydrogen) atoms. The van der Waals surface area contributed by atoms with Crippen molar-refractivity contribution in [2.45, 2.75) is 6.92 Å². The molecule has 0 aromatic carbocycles. The molecule has 76 valence electrons. The van der Waals surface area contributed by atoms with Crippen LogP contribution in [0.5, 0.6) is 0 Å². The van der Waals surface area contributed by atoms with Crippen LogP contribution in [0.4, 0.5) is 5.82 Å². The maximum atomic E-state index is 11.6. The van der Waals surface area contributed by atoms with Crippen molar-refractivity contribution in [1.29, 1.82) is 0 Å². The molecule has 0 spiro atoms. The number of hydrogen-bond acceptors (Lipinski definition) is 5. The summed E-state index contributed by atoms with van der Waals surface area (Å²) in [5.41, 5.74) is 2.62. The van der Waals surface area contributed by atoms with Crippen LogP contribution >= 0.6 is 0 Å². The summed E-state index contributed by atoms with van der Waals surface area (Å²) in [6, 6.07) is 0. The predicted molar refractivity (Wildman–Crippen MR) is 52.5 cm³/mol. The Morgan fingerprint density at radius 3 is 2.93 bits per heavy atom. The van der Waals surface area contributed by atoms with Crippen molar-refractivity contribution in [2.75, 3.05) is 19.0 Å². The number of anilines is 1. The fourth-order valence-corrected chi connectivity index (χ4v) is 0.878. The highest BCUT2D eigenvalue weighted by Crippen LogP contribution is 2.02. The molecule has 0 bridgehead atoms. The van der Waals surface area contributed by atoms with Crippen molar-refractivity contribution in [2.24, 2.45) is 5.84 Å². The number of rotatable bonds is 3. The molecule has 0 unspecified atom stereocenters. The summed E-state index contributed by atoms with van der Waals surface area (Å²) in [5.74, 6) is 5.36.